The Hall–Kier alpha value is -4.84. The second-order valence-electron chi connectivity index (χ2n) is 9.74. The molecule has 0 aromatic heterocycles. The molecule has 0 saturated carbocycles. The number of carbonyl (C=O) groups excluding carboxylic acids is 2. The number of nitriles is 1. The summed E-state index contributed by atoms with van der Waals surface area (Å²) in [7, 11) is 1.48. The molecule has 0 spiro atoms. The van der Waals surface area contributed by atoms with Crippen LogP contribution in [0, 0.1) is 11.3 Å². The maximum atomic E-state index is 13.8. The minimum atomic E-state index is -1.29. The monoisotopic (exact) mass is 540 g/mol. The molecular weight excluding hydrogens is 508 g/mol. The fourth-order valence-corrected chi connectivity index (χ4v) is 5.10. The van der Waals surface area contributed by atoms with E-state index < -0.39 is 24.1 Å². The van der Waals surface area contributed by atoms with Gasteiger partial charge in [-0.25, -0.2) is 4.79 Å². The zero-order valence-corrected chi connectivity index (χ0v) is 22.2. The van der Waals surface area contributed by atoms with Crippen molar-refractivity contribution in [2.45, 2.75) is 43.8 Å². The van der Waals surface area contributed by atoms with E-state index in [1.54, 1.807) is 18.2 Å². The summed E-state index contributed by atoms with van der Waals surface area (Å²) in [6, 6.07) is 24.6. The van der Waals surface area contributed by atoms with Crippen molar-refractivity contribution in [2.24, 2.45) is 0 Å². The number of hydrogen-bond donors (Lipinski definition) is 3. The third kappa shape index (κ3) is 6.97. The van der Waals surface area contributed by atoms with E-state index in [-0.39, 0.29) is 24.8 Å². The molecule has 0 bridgehead atoms. The van der Waals surface area contributed by atoms with Crippen molar-refractivity contribution in [2.75, 3.05) is 13.7 Å². The summed E-state index contributed by atoms with van der Waals surface area (Å²) in [5.74, 6) is -0.406. The summed E-state index contributed by atoms with van der Waals surface area (Å²) in [6.07, 6.45) is -0.108. The molecule has 3 aromatic carbocycles. The Kier molecular flexibility index (Phi) is 9.36. The van der Waals surface area contributed by atoms with Crippen LogP contribution in [0.25, 0.3) is 0 Å². The summed E-state index contributed by atoms with van der Waals surface area (Å²) >= 11 is 0. The van der Waals surface area contributed by atoms with Crippen molar-refractivity contribution >= 4 is 17.9 Å². The van der Waals surface area contributed by atoms with E-state index in [4.69, 9.17) is 4.74 Å². The first-order valence-corrected chi connectivity index (χ1v) is 13.1. The van der Waals surface area contributed by atoms with E-state index in [0.29, 0.717) is 30.7 Å². The van der Waals surface area contributed by atoms with Crippen LogP contribution in [0.3, 0.4) is 0 Å². The number of methoxy groups -OCH3 is 1. The molecule has 9 heteroatoms. The van der Waals surface area contributed by atoms with Crippen molar-refractivity contribution < 1.29 is 24.2 Å². The summed E-state index contributed by atoms with van der Waals surface area (Å²) < 4.78 is 5.26. The molecule has 3 aromatic rings. The highest BCUT2D eigenvalue weighted by molar-refractivity contribution is 5.92. The van der Waals surface area contributed by atoms with Gasteiger partial charge in [0.1, 0.15) is 23.9 Å². The fraction of sp³-hybridized carbons (Fsp3) is 0.290. The van der Waals surface area contributed by atoms with Crippen molar-refractivity contribution in [3.05, 3.63) is 101 Å². The lowest BCUT2D eigenvalue weighted by Gasteiger charge is -2.28. The van der Waals surface area contributed by atoms with Gasteiger partial charge in [0.05, 0.1) is 12.7 Å². The fourth-order valence-electron chi connectivity index (χ4n) is 5.10. The number of nitrogens with zero attached hydrogens (tertiary/aromatic N) is 2. The van der Waals surface area contributed by atoms with Crippen LogP contribution < -0.4 is 15.4 Å². The van der Waals surface area contributed by atoms with Crippen LogP contribution in [-0.2, 0) is 22.6 Å². The van der Waals surface area contributed by atoms with Gasteiger partial charge in [0.2, 0.25) is 11.8 Å². The highest BCUT2D eigenvalue weighted by Gasteiger charge is 2.42. The number of likely N-dealkylation sites (tertiary alicyclic amines) is 1. The molecule has 40 heavy (non-hydrogen) atoms. The van der Waals surface area contributed by atoms with Gasteiger partial charge in [-0.05, 0) is 48.1 Å². The lowest BCUT2D eigenvalue weighted by molar-refractivity contribution is -0.140. The second kappa shape index (κ2) is 13.3. The molecule has 1 aliphatic heterocycles. The van der Waals surface area contributed by atoms with Crippen LogP contribution in [0.1, 0.15) is 41.0 Å². The number of rotatable bonds is 10. The van der Waals surface area contributed by atoms with Gasteiger partial charge in [-0.1, -0.05) is 66.7 Å². The van der Waals surface area contributed by atoms with Crippen molar-refractivity contribution in [1.82, 2.24) is 15.5 Å². The molecule has 1 heterocycles. The Labute approximate surface area is 233 Å². The molecule has 1 aliphatic rings. The van der Waals surface area contributed by atoms with Crippen LogP contribution in [0.4, 0.5) is 4.79 Å². The first-order valence-electron chi connectivity index (χ1n) is 13.1. The number of amides is 3. The van der Waals surface area contributed by atoms with Crippen LogP contribution in [0.5, 0.6) is 5.75 Å². The average molecular weight is 541 g/mol. The quantitative estimate of drug-likeness (QED) is 0.358. The van der Waals surface area contributed by atoms with E-state index >= 15 is 0 Å². The molecule has 3 N–H and O–H groups in total. The third-order valence-corrected chi connectivity index (χ3v) is 7.17. The molecule has 1 saturated heterocycles. The normalized spacial score (nSPS) is 16.9. The summed E-state index contributed by atoms with van der Waals surface area (Å²) in [4.78, 5) is 40.4. The molecule has 9 nitrogen and oxygen atoms in total. The molecule has 206 valence electrons. The smallest absolute Gasteiger partial charge is 0.405 e. The zero-order valence-electron chi connectivity index (χ0n) is 22.2. The molecular formula is C31H32N4O5. The second-order valence-corrected chi connectivity index (χ2v) is 9.74. The number of hydrogen-bond acceptors (Lipinski definition) is 5. The predicted molar refractivity (Wildman–Crippen MR) is 149 cm³/mol. The largest absolute Gasteiger partial charge is 0.495 e. The number of nitrogens with one attached hydrogen (secondary N) is 2. The van der Waals surface area contributed by atoms with Crippen molar-refractivity contribution in [3.8, 4) is 11.8 Å². The Morgan fingerprint density at radius 2 is 1.75 bits per heavy atom. The Morgan fingerprint density at radius 1 is 1.05 bits per heavy atom. The molecule has 0 aliphatic carbocycles. The Morgan fingerprint density at radius 3 is 2.40 bits per heavy atom. The molecule has 3 amide bonds. The Balaban J connectivity index is 1.53. The number of carboxylic acid groups (broad SMARTS) is 1. The molecule has 1 unspecified atom stereocenters. The van der Waals surface area contributed by atoms with Gasteiger partial charge in [0.25, 0.3) is 0 Å². The highest BCUT2D eigenvalue weighted by Crippen LogP contribution is 2.33. The van der Waals surface area contributed by atoms with E-state index in [1.165, 1.54) is 12.0 Å². The number of aryl methyl sites for hydroxylation is 1. The standard InChI is InChI=1S/C31H32N4O5/c1-40-28-16-22(12-14-24(28)18-32)19-33-29(36)27-17-25(23-10-6-3-7-11-23)20-35(27)30(37)26(34-31(38)39)15-13-21-8-4-2-5-9-21/h2-12,14,16,25-27,34H,13,15,17,19-20H2,1H3,(H,33,36)(H,38,39)/t25-,26?,27-/m0/s1. The molecule has 1 fully saturated rings. The number of carbonyl (C=O) groups is 3. The number of ether oxygens (including phenoxy) is 1. The lowest BCUT2D eigenvalue weighted by atomic mass is 9.96. The van der Waals surface area contributed by atoms with E-state index in [9.17, 15) is 24.8 Å². The Bertz CT molecular complexity index is 1370. The topological polar surface area (TPSA) is 132 Å². The van der Waals surface area contributed by atoms with E-state index in [1.807, 2.05) is 60.7 Å². The van der Waals surface area contributed by atoms with Crippen molar-refractivity contribution in [1.29, 1.82) is 5.26 Å². The minimum absolute atomic E-state index is 0.0736. The summed E-state index contributed by atoms with van der Waals surface area (Å²) in [5, 5.41) is 24.0. The highest BCUT2D eigenvalue weighted by atomic mass is 16.5. The SMILES string of the molecule is COc1cc(CNC(=O)[C@@H]2C[C@H](c3ccccc3)CN2C(=O)C(CCc2ccccc2)NC(=O)O)ccc1C#N. The summed E-state index contributed by atoms with van der Waals surface area (Å²) in [5.41, 5.74) is 3.14. The van der Waals surface area contributed by atoms with Crippen LogP contribution in [0.2, 0.25) is 0 Å². The third-order valence-electron chi connectivity index (χ3n) is 7.17. The van der Waals surface area contributed by atoms with Gasteiger partial charge in [-0.15, -0.1) is 0 Å². The molecule has 3 atom stereocenters. The summed E-state index contributed by atoms with van der Waals surface area (Å²) in [6.45, 7) is 0.481. The van der Waals surface area contributed by atoms with Crippen LogP contribution in [-0.4, -0.2) is 53.7 Å². The number of benzene rings is 3. The van der Waals surface area contributed by atoms with Gasteiger partial charge in [-0.2, -0.15) is 5.26 Å². The van der Waals surface area contributed by atoms with Gasteiger partial charge in [-0.3, -0.25) is 9.59 Å². The molecule has 0 radical (unpaired) electrons. The van der Waals surface area contributed by atoms with Gasteiger partial charge < -0.3 is 25.4 Å². The lowest BCUT2D eigenvalue weighted by Crippen LogP contribution is -2.53. The van der Waals surface area contributed by atoms with E-state index in [0.717, 1.165) is 16.7 Å². The predicted octanol–water partition coefficient (Wildman–Crippen LogP) is 3.84. The average Bonchev–Trinajstić information content (AvgIpc) is 3.44. The van der Waals surface area contributed by atoms with Crippen LogP contribution in [0.15, 0.2) is 78.9 Å². The van der Waals surface area contributed by atoms with E-state index in [2.05, 4.69) is 16.7 Å². The maximum absolute atomic E-state index is 13.8. The van der Waals surface area contributed by atoms with Gasteiger partial charge in [0.15, 0.2) is 0 Å². The zero-order chi connectivity index (χ0) is 28.5. The maximum Gasteiger partial charge on any atom is 0.405 e. The first-order chi connectivity index (χ1) is 19.4. The minimum Gasteiger partial charge on any atom is -0.495 e. The van der Waals surface area contributed by atoms with Gasteiger partial charge in [0, 0.05) is 19.0 Å². The van der Waals surface area contributed by atoms with Crippen LogP contribution >= 0.6 is 0 Å². The molecule has 4 rings (SSSR count). The van der Waals surface area contributed by atoms with Gasteiger partial charge >= 0.3 is 6.09 Å². The first kappa shape index (κ1) is 28.2. The van der Waals surface area contributed by atoms with Crippen molar-refractivity contribution in [3.63, 3.8) is 0 Å².